The minimum Gasteiger partial charge on any atom is -0.297 e. The Morgan fingerprint density at radius 3 is 1.70 bits per heavy atom. The maximum atomic E-state index is 7.62. The maximum Gasteiger partial charge on any atom is 0.0649 e. The van der Waals surface area contributed by atoms with Crippen LogP contribution < -0.4 is 5.09 Å². The SMILES string of the molecule is CNP(C)(C)=NP(C)(C)=N. The van der Waals surface area contributed by atoms with Crippen LogP contribution in [0.4, 0.5) is 0 Å². The van der Waals surface area contributed by atoms with Crippen LogP contribution in [0, 0.1) is 5.16 Å². The van der Waals surface area contributed by atoms with Crippen LogP contribution >= 0.6 is 14.4 Å². The van der Waals surface area contributed by atoms with Crippen LogP contribution in [0.15, 0.2) is 4.52 Å². The van der Waals surface area contributed by atoms with Crippen molar-refractivity contribution < 1.29 is 0 Å². The van der Waals surface area contributed by atoms with Gasteiger partial charge in [0.15, 0.2) is 0 Å². The normalized spacial score (nSPS) is 13.3. The summed E-state index contributed by atoms with van der Waals surface area (Å²) in [5, 5.41) is 10.8. The van der Waals surface area contributed by atoms with Crippen molar-refractivity contribution in [3.05, 3.63) is 0 Å². The van der Waals surface area contributed by atoms with E-state index in [0.29, 0.717) is 0 Å². The molecule has 0 heterocycles. The second-order valence-corrected chi connectivity index (χ2v) is 9.84. The van der Waals surface area contributed by atoms with E-state index in [4.69, 9.17) is 5.16 Å². The van der Waals surface area contributed by atoms with Crippen LogP contribution in [0.3, 0.4) is 0 Å². The highest BCUT2D eigenvalue weighted by Gasteiger charge is 2.04. The summed E-state index contributed by atoms with van der Waals surface area (Å²) >= 11 is 0. The first kappa shape index (κ1) is 10.4. The summed E-state index contributed by atoms with van der Waals surface area (Å²) in [5.74, 6) is 0. The monoisotopic (exact) mass is 181 g/mol. The van der Waals surface area contributed by atoms with Gasteiger partial charge in [-0.1, -0.05) is 0 Å². The van der Waals surface area contributed by atoms with Crippen molar-refractivity contribution in [3.8, 4) is 0 Å². The molecule has 5 heteroatoms. The van der Waals surface area contributed by atoms with Gasteiger partial charge in [0.05, 0.1) is 7.21 Å². The molecule has 0 atom stereocenters. The quantitative estimate of drug-likeness (QED) is 0.632. The summed E-state index contributed by atoms with van der Waals surface area (Å²) in [6.07, 6.45) is 0. The van der Waals surface area contributed by atoms with Crippen molar-refractivity contribution in [2.24, 2.45) is 4.52 Å². The second-order valence-electron chi connectivity index (χ2n) is 3.10. The number of hydrogen-bond donors (Lipinski definition) is 2. The minimum atomic E-state index is -1.69. The molecule has 0 spiro atoms. The van der Waals surface area contributed by atoms with E-state index in [-0.39, 0.29) is 0 Å². The topological polar surface area (TPSA) is 48.2 Å². The number of rotatable bonds is 2. The average molecular weight is 181 g/mol. The van der Waals surface area contributed by atoms with Gasteiger partial charge < -0.3 is 0 Å². The van der Waals surface area contributed by atoms with E-state index in [1.807, 2.05) is 20.4 Å². The first-order valence-electron chi connectivity index (χ1n) is 3.14. The Balaban J connectivity index is 4.61. The van der Waals surface area contributed by atoms with Gasteiger partial charge in [0.2, 0.25) is 0 Å². The molecule has 0 bridgehead atoms. The third-order valence-electron chi connectivity index (χ3n) is 0.994. The largest absolute Gasteiger partial charge is 0.297 e. The van der Waals surface area contributed by atoms with Gasteiger partial charge in [0, 0.05) is 7.21 Å². The molecular weight excluding hydrogens is 164 g/mol. The summed E-state index contributed by atoms with van der Waals surface area (Å²) in [6, 6.07) is 0. The smallest absolute Gasteiger partial charge is 0.0649 e. The van der Waals surface area contributed by atoms with Gasteiger partial charge in [-0.3, -0.25) is 10.2 Å². The molecule has 2 N–H and O–H groups in total. The molecule has 0 unspecified atom stereocenters. The zero-order chi connectivity index (χ0) is 8.41. The highest BCUT2D eigenvalue weighted by molar-refractivity contribution is 7.73. The van der Waals surface area contributed by atoms with E-state index in [2.05, 4.69) is 22.9 Å². The van der Waals surface area contributed by atoms with Crippen LogP contribution in [-0.4, -0.2) is 33.7 Å². The standard InChI is InChI=1S/C5H17N3P2/c1-7-10(4,5)8-9(2,3)6/h6-7H,1-5H3. The lowest BCUT2D eigenvalue weighted by Gasteiger charge is -2.15. The third kappa shape index (κ3) is 5.22. The van der Waals surface area contributed by atoms with Crippen molar-refractivity contribution in [2.45, 2.75) is 0 Å². The lowest BCUT2D eigenvalue weighted by Crippen LogP contribution is -1.99. The molecule has 62 valence electrons. The number of hydrogen-bond acceptors (Lipinski definition) is 1. The summed E-state index contributed by atoms with van der Waals surface area (Å²) in [5.41, 5.74) is 0. The Morgan fingerprint density at radius 2 is 1.60 bits per heavy atom. The number of nitrogens with zero attached hydrogens (tertiary/aromatic N) is 1. The third-order valence-corrected chi connectivity index (χ3v) is 5.67. The van der Waals surface area contributed by atoms with Crippen LogP contribution in [0.5, 0.6) is 0 Å². The molecule has 0 aromatic carbocycles. The highest BCUT2D eigenvalue weighted by Crippen LogP contribution is 2.51. The Labute approximate surface area is 63.6 Å². The van der Waals surface area contributed by atoms with Gasteiger partial charge in [0.25, 0.3) is 0 Å². The minimum absolute atomic E-state index is 1.31. The molecule has 0 amide bonds. The predicted octanol–water partition coefficient (Wildman–Crippen LogP) is 2.54. The van der Waals surface area contributed by atoms with Crippen molar-refractivity contribution in [2.75, 3.05) is 33.7 Å². The van der Waals surface area contributed by atoms with Crippen LogP contribution in [0.1, 0.15) is 0 Å². The van der Waals surface area contributed by atoms with E-state index in [9.17, 15) is 0 Å². The molecule has 0 saturated carbocycles. The van der Waals surface area contributed by atoms with Crippen LogP contribution in [-0.2, 0) is 0 Å². The molecule has 0 radical (unpaired) electrons. The fraction of sp³-hybridized carbons (Fsp3) is 1.00. The molecule has 0 aromatic rings. The van der Waals surface area contributed by atoms with Gasteiger partial charge in [-0.05, 0) is 33.7 Å². The Hall–Kier alpha value is 0.420. The van der Waals surface area contributed by atoms with Crippen molar-refractivity contribution in [1.82, 2.24) is 5.09 Å². The molecule has 3 nitrogen and oxygen atoms in total. The lowest BCUT2D eigenvalue weighted by atomic mass is 11.6. The van der Waals surface area contributed by atoms with Gasteiger partial charge in [0.1, 0.15) is 0 Å². The van der Waals surface area contributed by atoms with E-state index in [1.165, 1.54) is 0 Å². The Bertz CT molecular complexity index is 197. The highest BCUT2D eigenvalue weighted by atomic mass is 31.2. The first-order chi connectivity index (χ1) is 4.27. The van der Waals surface area contributed by atoms with Gasteiger partial charge >= 0.3 is 0 Å². The predicted molar refractivity (Wildman–Crippen MR) is 51.7 cm³/mol. The molecule has 0 aliphatic heterocycles. The summed E-state index contributed by atoms with van der Waals surface area (Å²) in [4.78, 5) is 0. The summed E-state index contributed by atoms with van der Waals surface area (Å²) < 4.78 is 4.44. The van der Waals surface area contributed by atoms with E-state index < -0.39 is 14.4 Å². The van der Waals surface area contributed by atoms with E-state index in [0.717, 1.165) is 0 Å². The van der Waals surface area contributed by atoms with Crippen molar-refractivity contribution >= 4 is 14.4 Å². The average Bonchev–Trinajstić information content (AvgIpc) is 1.60. The van der Waals surface area contributed by atoms with Gasteiger partial charge in [-0.25, -0.2) is 4.52 Å². The molecule has 0 aliphatic carbocycles. The lowest BCUT2D eigenvalue weighted by molar-refractivity contribution is 1.25. The Kier molecular flexibility index (Phi) is 3.35. The molecule has 0 saturated heterocycles. The first-order valence-corrected chi connectivity index (χ1v) is 8.41. The van der Waals surface area contributed by atoms with Crippen LogP contribution in [0.2, 0.25) is 0 Å². The zero-order valence-electron chi connectivity index (χ0n) is 7.34. The molecule has 0 rings (SSSR count). The second kappa shape index (κ2) is 3.21. The molecule has 0 aliphatic rings. The van der Waals surface area contributed by atoms with Crippen LogP contribution in [0.25, 0.3) is 0 Å². The fourth-order valence-corrected chi connectivity index (χ4v) is 5.43. The Morgan fingerprint density at radius 1 is 1.20 bits per heavy atom. The number of nitrogens with one attached hydrogen (secondary N) is 2. The molecule has 10 heavy (non-hydrogen) atoms. The van der Waals surface area contributed by atoms with E-state index >= 15 is 0 Å². The summed E-state index contributed by atoms with van der Waals surface area (Å²) in [7, 11) is -1.09. The molecular formula is C5H17N3P2. The molecule has 0 aromatic heterocycles. The fourth-order valence-electron chi connectivity index (χ4n) is 0.604. The maximum absolute atomic E-state index is 7.62. The summed E-state index contributed by atoms with van der Waals surface area (Å²) in [6.45, 7) is 7.99. The van der Waals surface area contributed by atoms with E-state index in [1.54, 1.807) is 0 Å². The molecule has 0 fully saturated rings. The van der Waals surface area contributed by atoms with Gasteiger partial charge in [-0.2, -0.15) is 0 Å². The van der Waals surface area contributed by atoms with Gasteiger partial charge in [-0.15, -0.1) is 0 Å². The van der Waals surface area contributed by atoms with Crippen molar-refractivity contribution in [1.29, 1.82) is 5.16 Å². The zero-order valence-corrected chi connectivity index (χ0v) is 9.13. The van der Waals surface area contributed by atoms with Crippen molar-refractivity contribution in [3.63, 3.8) is 0 Å².